The lowest BCUT2D eigenvalue weighted by Gasteiger charge is -2.56. The van der Waals surface area contributed by atoms with Crippen LogP contribution < -0.4 is 20.1 Å². The minimum Gasteiger partial charge on any atom is -0.496 e. The van der Waals surface area contributed by atoms with Gasteiger partial charge in [0.15, 0.2) is 0 Å². The molecule has 9 rings (SSSR count). The Bertz CT molecular complexity index is 2390. The number of halogens is 3. The number of methoxy groups -OCH3 is 2. The number of fused-ring (bicyclic) bond motifs is 4. The zero-order chi connectivity index (χ0) is 41.5. The van der Waals surface area contributed by atoms with Crippen molar-refractivity contribution in [3.05, 3.63) is 99.4 Å². The Morgan fingerprint density at radius 1 is 0.983 bits per heavy atom. The third-order valence-corrected chi connectivity index (χ3v) is 14.0. The van der Waals surface area contributed by atoms with Crippen molar-refractivity contribution in [1.29, 1.82) is 0 Å². The summed E-state index contributed by atoms with van der Waals surface area (Å²) < 4.78 is 29.2. The van der Waals surface area contributed by atoms with Crippen LogP contribution in [-0.2, 0) is 29.2 Å². The number of carboxylic acids is 1. The smallest absolute Gasteiger partial charge is 0.309 e. The molecule has 10 nitrogen and oxygen atoms in total. The summed E-state index contributed by atoms with van der Waals surface area (Å²) in [6.45, 7) is 4.87. The van der Waals surface area contributed by atoms with E-state index in [9.17, 15) is 14.7 Å². The predicted octanol–water partition coefficient (Wildman–Crippen LogP) is 9.25. The Hall–Kier alpha value is -4.68. The van der Waals surface area contributed by atoms with Crippen molar-refractivity contribution in [1.82, 2.24) is 25.3 Å². The molecule has 59 heavy (non-hydrogen) atoms. The summed E-state index contributed by atoms with van der Waals surface area (Å²) in [5, 5.41) is 22.9. The molecule has 2 bridgehead atoms. The molecule has 2 heterocycles. The molecule has 4 aromatic carbocycles. The van der Waals surface area contributed by atoms with Crippen molar-refractivity contribution in [3.63, 3.8) is 0 Å². The summed E-state index contributed by atoms with van der Waals surface area (Å²) in [6.07, 6.45) is 7.91. The van der Waals surface area contributed by atoms with Gasteiger partial charge in [0, 0.05) is 70.3 Å². The van der Waals surface area contributed by atoms with E-state index < -0.39 is 17.2 Å². The number of carbonyl (C=O) groups is 2. The van der Waals surface area contributed by atoms with Gasteiger partial charge in [-0.2, -0.15) is 5.10 Å². The molecule has 3 saturated carbocycles. The second kappa shape index (κ2) is 16.8. The van der Waals surface area contributed by atoms with Crippen LogP contribution in [0, 0.1) is 11.2 Å². The maximum Gasteiger partial charge on any atom is 0.309 e. The third-order valence-electron chi connectivity index (χ3n) is 13.3. The molecule has 4 fully saturated rings. The Balaban J connectivity index is 1.02. The van der Waals surface area contributed by atoms with E-state index >= 15 is 4.39 Å². The van der Waals surface area contributed by atoms with Gasteiger partial charge in [0.05, 0.1) is 42.9 Å². The predicted molar refractivity (Wildman–Crippen MR) is 229 cm³/mol. The number of ether oxygens (including phenoxy) is 2. The Morgan fingerprint density at radius 2 is 1.69 bits per heavy atom. The lowest BCUT2D eigenvalue weighted by atomic mass is 9.56. The number of aliphatic carboxylic acids is 1. The van der Waals surface area contributed by atoms with Crippen molar-refractivity contribution in [2.75, 3.05) is 27.3 Å². The fourth-order valence-electron chi connectivity index (χ4n) is 9.76. The van der Waals surface area contributed by atoms with Gasteiger partial charge in [0.2, 0.25) is 5.91 Å². The quantitative estimate of drug-likeness (QED) is 0.0956. The van der Waals surface area contributed by atoms with Crippen LogP contribution in [0.4, 0.5) is 4.39 Å². The number of carbonyl (C=O) groups excluding carboxylic acids is 1. The van der Waals surface area contributed by atoms with Gasteiger partial charge in [0.25, 0.3) is 0 Å². The fourth-order valence-corrected chi connectivity index (χ4v) is 10.3. The van der Waals surface area contributed by atoms with E-state index in [1.165, 1.54) is 13.2 Å². The monoisotopic (exact) mass is 841 g/mol. The van der Waals surface area contributed by atoms with E-state index in [2.05, 4.69) is 22.5 Å². The normalized spacial score (nSPS) is 21.3. The molecule has 4 aliphatic rings. The highest BCUT2D eigenvalue weighted by atomic mass is 35.5. The first-order chi connectivity index (χ1) is 28.5. The van der Waals surface area contributed by atoms with Crippen molar-refractivity contribution < 1.29 is 28.6 Å². The summed E-state index contributed by atoms with van der Waals surface area (Å²) in [5.41, 5.74) is 5.52. The van der Waals surface area contributed by atoms with E-state index in [1.54, 1.807) is 13.2 Å². The molecule has 0 spiro atoms. The van der Waals surface area contributed by atoms with Crippen molar-refractivity contribution in [2.24, 2.45) is 5.41 Å². The minimum absolute atomic E-state index is 0.0150. The molecule has 13 heteroatoms. The summed E-state index contributed by atoms with van der Waals surface area (Å²) in [4.78, 5) is 26.1. The first-order valence-corrected chi connectivity index (χ1v) is 21.2. The van der Waals surface area contributed by atoms with Crippen molar-refractivity contribution >= 4 is 46.0 Å². The van der Waals surface area contributed by atoms with E-state index in [1.807, 2.05) is 59.4 Å². The molecule has 1 atom stereocenters. The molecule has 1 aromatic heterocycles. The van der Waals surface area contributed by atoms with Gasteiger partial charge in [-0.15, -0.1) is 0 Å². The number of carboxylic acid groups (broad SMARTS) is 1. The number of rotatable bonds is 15. The molecule has 0 radical (unpaired) electrons. The number of aromatic nitrogens is 2. The molecule has 1 saturated heterocycles. The van der Waals surface area contributed by atoms with Crippen LogP contribution in [0.2, 0.25) is 10.0 Å². The molecule has 1 aliphatic heterocycles. The first kappa shape index (κ1) is 41.1. The molecule has 3 N–H and O–H groups in total. The standard InChI is InChI=1S/C46H50Cl2FN5O5/c1-4-53(46-16-13-45(14-17-46,15-18-46)44(56)57)26-30-19-37(47)29(22-40(30)58-2)27-54-39-10-6-8-33(35(39)25-51-54)34-9-5-7-32(43(34)48)28-20-38(49)36(41(21-28)59-3)24-50-23-31-11-12-42(55)52-31/h5-10,19-22,25,31,50H,4,11-18,23-24,26-27H2,1-3H3,(H,52,55)(H,56,57)/t31-,45?,46?/m0/s1. The topological polar surface area (TPSA) is 118 Å². The average Bonchev–Trinajstić information content (AvgIpc) is 3.87. The molecular formula is C46H50Cl2FN5O5. The first-order valence-electron chi connectivity index (χ1n) is 20.4. The second-order valence-electron chi connectivity index (χ2n) is 16.4. The maximum atomic E-state index is 15.7. The molecule has 3 aliphatic carbocycles. The van der Waals surface area contributed by atoms with E-state index in [0.717, 1.165) is 90.4 Å². The largest absolute Gasteiger partial charge is 0.496 e. The third kappa shape index (κ3) is 7.78. The molecule has 5 aromatic rings. The SMILES string of the molecule is CCN(Cc1cc(Cl)c(Cn2ncc3c(-c4cccc(-c5cc(F)c(CNC[C@@H]6CCC(=O)N6)c(OC)c5)c4Cl)cccc32)cc1OC)C12CCC(C(=O)O)(CC1)CC2. The zero-order valence-corrected chi connectivity index (χ0v) is 35.2. The zero-order valence-electron chi connectivity index (χ0n) is 33.7. The highest BCUT2D eigenvalue weighted by molar-refractivity contribution is 6.36. The number of hydrogen-bond acceptors (Lipinski definition) is 7. The molecule has 310 valence electrons. The minimum atomic E-state index is -0.646. The lowest BCUT2D eigenvalue weighted by Crippen LogP contribution is -2.58. The summed E-state index contributed by atoms with van der Waals surface area (Å²) in [6, 6.07) is 19.1. The van der Waals surface area contributed by atoms with Crippen LogP contribution in [0.5, 0.6) is 11.5 Å². The van der Waals surface area contributed by atoms with Gasteiger partial charge < -0.3 is 25.2 Å². The maximum absolute atomic E-state index is 15.7. The molecule has 1 amide bonds. The number of nitrogens with zero attached hydrogens (tertiary/aromatic N) is 3. The highest BCUT2D eigenvalue weighted by Gasteiger charge is 2.54. The van der Waals surface area contributed by atoms with Crippen LogP contribution in [0.1, 0.15) is 75.0 Å². The number of amides is 1. The van der Waals surface area contributed by atoms with Gasteiger partial charge in [0.1, 0.15) is 17.3 Å². The van der Waals surface area contributed by atoms with Gasteiger partial charge in [-0.1, -0.05) is 60.5 Å². The number of nitrogens with one attached hydrogen (secondary N) is 2. The van der Waals surface area contributed by atoms with Crippen LogP contribution in [0.3, 0.4) is 0 Å². The fraction of sp³-hybridized carbons (Fsp3) is 0.413. The van der Waals surface area contributed by atoms with Gasteiger partial charge >= 0.3 is 5.97 Å². The van der Waals surface area contributed by atoms with E-state index in [-0.39, 0.29) is 24.0 Å². The van der Waals surface area contributed by atoms with Gasteiger partial charge in [-0.3, -0.25) is 19.2 Å². The Kier molecular flexibility index (Phi) is 11.7. The summed E-state index contributed by atoms with van der Waals surface area (Å²) >= 11 is 14.2. The lowest BCUT2D eigenvalue weighted by molar-refractivity contribution is -0.160. The number of benzene rings is 4. The Labute approximate surface area is 354 Å². The van der Waals surface area contributed by atoms with Gasteiger partial charge in [-0.25, -0.2) is 4.39 Å². The van der Waals surface area contributed by atoms with Crippen molar-refractivity contribution in [3.8, 4) is 33.8 Å². The molecular weight excluding hydrogens is 792 g/mol. The van der Waals surface area contributed by atoms with Crippen LogP contribution in [-0.4, -0.2) is 70.6 Å². The number of hydrogen-bond donors (Lipinski definition) is 3. The second-order valence-corrected chi connectivity index (χ2v) is 17.1. The van der Waals surface area contributed by atoms with E-state index in [4.69, 9.17) is 37.8 Å². The molecule has 0 unspecified atom stereocenters. The van der Waals surface area contributed by atoms with Crippen LogP contribution in [0.25, 0.3) is 33.2 Å². The van der Waals surface area contributed by atoms with Gasteiger partial charge in [-0.05, 0) is 98.5 Å². The van der Waals surface area contributed by atoms with Crippen LogP contribution >= 0.6 is 23.2 Å². The summed E-state index contributed by atoms with van der Waals surface area (Å²) in [5.74, 6) is 0.142. The van der Waals surface area contributed by atoms with E-state index in [0.29, 0.717) is 58.5 Å². The van der Waals surface area contributed by atoms with Crippen molar-refractivity contribution in [2.45, 2.75) is 89.5 Å². The summed E-state index contributed by atoms with van der Waals surface area (Å²) in [7, 11) is 3.20. The Morgan fingerprint density at radius 3 is 2.37 bits per heavy atom. The highest BCUT2D eigenvalue weighted by Crippen LogP contribution is 2.55. The average molecular weight is 843 g/mol. The van der Waals surface area contributed by atoms with Crippen LogP contribution in [0.15, 0.2) is 66.9 Å².